The van der Waals surface area contributed by atoms with E-state index in [2.05, 4.69) is 4.98 Å². The molecule has 7 unspecified atom stereocenters. The number of fused-ring (bicyclic) bond motifs is 1. The third kappa shape index (κ3) is 4.61. The number of hydrogen-bond acceptors (Lipinski definition) is 9. The van der Waals surface area contributed by atoms with Gasteiger partial charge in [-0.25, -0.2) is 14.4 Å². The average Bonchev–Trinajstić information content (AvgIpc) is 3.20. The molecule has 2 saturated carbocycles. The summed E-state index contributed by atoms with van der Waals surface area (Å²) in [7, 11) is 0. The molecule has 2 aliphatic carbocycles. The summed E-state index contributed by atoms with van der Waals surface area (Å²) in [6.07, 6.45) is 0.976. The Morgan fingerprint density at radius 2 is 1.32 bits per heavy atom. The van der Waals surface area contributed by atoms with Gasteiger partial charge in [0.25, 0.3) is 0 Å². The molecule has 6 rings (SSSR count). The van der Waals surface area contributed by atoms with Crippen molar-refractivity contribution in [2.24, 2.45) is 11.3 Å². The van der Waals surface area contributed by atoms with Crippen LogP contribution in [0.3, 0.4) is 0 Å². The highest BCUT2D eigenvalue weighted by molar-refractivity contribution is 5.90. The maximum Gasteiger partial charge on any atom is 0.340 e. The summed E-state index contributed by atoms with van der Waals surface area (Å²) in [5.41, 5.74) is -4.46. The Balaban J connectivity index is 1.47. The fourth-order valence-electron chi connectivity index (χ4n) is 7.80. The first-order valence-corrected chi connectivity index (χ1v) is 15.0. The first-order valence-electron chi connectivity index (χ1n) is 15.0. The zero-order chi connectivity index (χ0) is 31.3. The lowest BCUT2D eigenvalue weighted by Crippen LogP contribution is -2.79. The quantitative estimate of drug-likeness (QED) is 0.302. The lowest BCUT2D eigenvalue weighted by Gasteiger charge is -2.64. The molecule has 1 aliphatic heterocycles. The van der Waals surface area contributed by atoms with Crippen LogP contribution in [0.15, 0.2) is 85.2 Å². The van der Waals surface area contributed by atoms with Crippen LogP contribution in [-0.2, 0) is 18.9 Å². The number of carbonyl (C=O) groups excluding carboxylic acids is 3. The highest BCUT2D eigenvalue weighted by atomic mass is 16.6. The molecule has 2 aromatic carbocycles. The van der Waals surface area contributed by atoms with Gasteiger partial charge >= 0.3 is 17.9 Å². The van der Waals surface area contributed by atoms with Gasteiger partial charge in [0.1, 0.15) is 23.9 Å². The van der Waals surface area contributed by atoms with Crippen molar-refractivity contribution in [3.8, 4) is 0 Å². The van der Waals surface area contributed by atoms with Crippen molar-refractivity contribution in [3.63, 3.8) is 0 Å². The lowest BCUT2D eigenvalue weighted by molar-refractivity contribution is -0.324. The molecular formula is C35H37NO8. The van der Waals surface area contributed by atoms with E-state index in [0.29, 0.717) is 11.1 Å². The molecule has 0 radical (unpaired) electrons. The maximum absolute atomic E-state index is 13.6. The van der Waals surface area contributed by atoms with Crippen molar-refractivity contribution in [2.75, 3.05) is 0 Å². The molecule has 230 valence electrons. The minimum absolute atomic E-state index is 0.179. The molecule has 1 saturated heterocycles. The molecule has 1 spiro atoms. The minimum Gasteiger partial charge on any atom is -0.458 e. The molecule has 1 N–H and O–H groups in total. The van der Waals surface area contributed by atoms with Gasteiger partial charge in [0.2, 0.25) is 0 Å². The normalized spacial score (nSPS) is 33.5. The van der Waals surface area contributed by atoms with Gasteiger partial charge in [-0.2, -0.15) is 0 Å². The molecule has 3 fully saturated rings. The van der Waals surface area contributed by atoms with Crippen LogP contribution in [0, 0.1) is 11.3 Å². The molecule has 44 heavy (non-hydrogen) atoms. The molecule has 0 amide bonds. The van der Waals surface area contributed by atoms with Gasteiger partial charge < -0.3 is 24.1 Å². The molecule has 7 atom stereocenters. The number of pyridine rings is 1. The predicted octanol–water partition coefficient (Wildman–Crippen LogP) is 5.18. The van der Waals surface area contributed by atoms with Gasteiger partial charge in [0.05, 0.1) is 33.3 Å². The third-order valence-corrected chi connectivity index (χ3v) is 10.0. The maximum atomic E-state index is 13.6. The fraction of sp³-hybridized carbons (Fsp3) is 0.429. The van der Waals surface area contributed by atoms with E-state index in [1.54, 1.807) is 79.9 Å². The van der Waals surface area contributed by atoms with E-state index >= 15 is 0 Å². The van der Waals surface area contributed by atoms with E-state index in [1.807, 2.05) is 26.8 Å². The summed E-state index contributed by atoms with van der Waals surface area (Å²) in [6, 6.07) is 20.5. The Bertz CT molecular complexity index is 1540. The van der Waals surface area contributed by atoms with Crippen LogP contribution in [0.4, 0.5) is 0 Å². The second-order valence-corrected chi connectivity index (χ2v) is 13.0. The van der Waals surface area contributed by atoms with Crippen LogP contribution >= 0.6 is 0 Å². The Kier molecular flexibility index (Phi) is 7.37. The second-order valence-electron chi connectivity index (χ2n) is 13.0. The van der Waals surface area contributed by atoms with Crippen molar-refractivity contribution in [2.45, 2.75) is 82.1 Å². The summed E-state index contributed by atoms with van der Waals surface area (Å²) < 4.78 is 25.8. The topological polar surface area (TPSA) is 121 Å². The number of nitrogens with zero attached hydrogens (tertiary/aromatic N) is 1. The van der Waals surface area contributed by atoms with Crippen LogP contribution in [0.1, 0.15) is 78.0 Å². The van der Waals surface area contributed by atoms with Gasteiger partial charge in [0.15, 0.2) is 0 Å². The van der Waals surface area contributed by atoms with Crippen LogP contribution in [0.25, 0.3) is 0 Å². The average molecular weight is 600 g/mol. The number of rotatable bonds is 6. The Hall–Kier alpha value is -4.08. The van der Waals surface area contributed by atoms with Gasteiger partial charge in [-0.3, -0.25) is 4.98 Å². The summed E-state index contributed by atoms with van der Waals surface area (Å²) in [4.78, 5) is 44.6. The van der Waals surface area contributed by atoms with E-state index < -0.39 is 64.4 Å². The Labute approximate surface area is 256 Å². The molecule has 3 aromatic rings. The first kappa shape index (κ1) is 30.0. The molecule has 9 heteroatoms. The van der Waals surface area contributed by atoms with E-state index in [-0.39, 0.29) is 24.8 Å². The van der Waals surface area contributed by atoms with Crippen LogP contribution in [0.2, 0.25) is 0 Å². The van der Waals surface area contributed by atoms with Crippen molar-refractivity contribution in [1.29, 1.82) is 0 Å². The van der Waals surface area contributed by atoms with Crippen LogP contribution in [0.5, 0.6) is 0 Å². The van der Waals surface area contributed by atoms with Gasteiger partial charge in [-0.1, -0.05) is 36.4 Å². The van der Waals surface area contributed by atoms with Gasteiger partial charge in [-0.15, -0.1) is 0 Å². The van der Waals surface area contributed by atoms with Crippen molar-refractivity contribution in [3.05, 3.63) is 102 Å². The molecule has 9 nitrogen and oxygen atoms in total. The first-order chi connectivity index (χ1) is 20.9. The summed E-state index contributed by atoms with van der Waals surface area (Å²) in [5, 5.41) is 12.3. The predicted molar refractivity (Wildman–Crippen MR) is 159 cm³/mol. The van der Waals surface area contributed by atoms with E-state index in [0.717, 1.165) is 0 Å². The second kappa shape index (κ2) is 10.8. The van der Waals surface area contributed by atoms with Gasteiger partial charge in [-0.05, 0) is 83.4 Å². The zero-order valence-corrected chi connectivity index (χ0v) is 25.3. The monoisotopic (exact) mass is 599 g/mol. The number of hydrogen-bond donors (Lipinski definition) is 1. The van der Waals surface area contributed by atoms with E-state index in [4.69, 9.17) is 18.9 Å². The molecule has 1 aromatic heterocycles. The van der Waals surface area contributed by atoms with Crippen LogP contribution < -0.4 is 0 Å². The zero-order valence-electron chi connectivity index (χ0n) is 25.3. The highest BCUT2D eigenvalue weighted by Gasteiger charge is 2.82. The number of benzene rings is 2. The standard InChI is InChI=1S/C35H37NO8/c1-32(2)25-20-27(42-30(38)23-14-9-6-10-15-23)34(4)26(41-29(37)22-12-7-5-8-13-22)17-18-33(3,40)35(34,44-32)28(25)43-31(39)24-16-11-19-36-21-24/h5-16,19,21,25-28,40H,17-18,20H2,1-4H3. The van der Waals surface area contributed by atoms with Crippen molar-refractivity contribution < 1.29 is 38.4 Å². The van der Waals surface area contributed by atoms with Gasteiger partial charge in [0, 0.05) is 18.3 Å². The van der Waals surface area contributed by atoms with E-state index in [1.165, 1.54) is 6.20 Å². The number of esters is 3. The summed E-state index contributed by atoms with van der Waals surface area (Å²) in [6.45, 7) is 7.24. The van der Waals surface area contributed by atoms with Crippen LogP contribution in [-0.4, -0.2) is 63.1 Å². The lowest BCUT2D eigenvalue weighted by atomic mass is 9.47. The number of aromatic nitrogens is 1. The van der Waals surface area contributed by atoms with Crippen molar-refractivity contribution in [1.82, 2.24) is 4.98 Å². The molecular weight excluding hydrogens is 562 g/mol. The fourth-order valence-corrected chi connectivity index (χ4v) is 7.80. The largest absolute Gasteiger partial charge is 0.458 e. The smallest absolute Gasteiger partial charge is 0.340 e. The molecule has 2 heterocycles. The third-order valence-electron chi connectivity index (χ3n) is 10.0. The SMILES string of the molecule is CC1(C)OC23C(OC(=O)c4cccnc4)C1CC(OC(=O)c1ccccc1)C2(C)C(OC(=O)c1ccccc1)CCC3(C)O. The highest BCUT2D eigenvalue weighted by Crippen LogP contribution is 2.68. The summed E-state index contributed by atoms with van der Waals surface area (Å²) >= 11 is 0. The molecule has 2 bridgehead atoms. The Morgan fingerprint density at radius 3 is 1.89 bits per heavy atom. The number of ether oxygens (including phenoxy) is 4. The minimum atomic E-state index is -1.62. The number of aliphatic hydroxyl groups is 1. The summed E-state index contributed by atoms with van der Waals surface area (Å²) in [5.74, 6) is -2.19. The van der Waals surface area contributed by atoms with Crippen molar-refractivity contribution >= 4 is 17.9 Å². The Morgan fingerprint density at radius 1 is 0.773 bits per heavy atom. The molecule has 3 aliphatic rings. The van der Waals surface area contributed by atoms with E-state index in [9.17, 15) is 19.5 Å². The number of carbonyl (C=O) groups is 3.